The van der Waals surface area contributed by atoms with Crippen LogP contribution in [0.1, 0.15) is 38.3 Å². The first-order valence-corrected chi connectivity index (χ1v) is 7.16. The summed E-state index contributed by atoms with van der Waals surface area (Å²) in [6.07, 6.45) is 2.91. The number of rotatable bonds is 5. The third-order valence-electron chi connectivity index (χ3n) is 3.58. The predicted octanol–water partition coefficient (Wildman–Crippen LogP) is 2.25. The fourth-order valence-electron chi connectivity index (χ4n) is 2.47. The summed E-state index contributed by atoms with van der Waals surface area (Å²) in [5, 5.41) is 2.64. The SMILES string of the molecule is CC(C)Oc1nc(C2CCN(C)CC2)ccc1NC=O. The van der Waals surface area contributed by atoms with Crippen molar-refractivity contribution in [2.45, 2.75) is 38.7 Å². The molecular formula is C15H23N3O2. The smallest absolute Gasteiger partial charge is 0.238 e. The average molecular weight is 277 g/mol. The van der Waals surface area contributed by atoms with E-state index in [9.17, 15) is 4.79 Å². The van der Waals surface area contributed by atoms with Gasteiger partial charge in [-0.05, 0) is 59.0 Å². The van der Waals surface area contributed by atoms with Gasteiger partial charge in [0, 0.05) is 11.6 Å². The summed E-state index contributed by atoms with van der Waals surface area (Å²) in [6, 6.07) is 3.88. The lowest BCUT2D eigenvalue weighted by Gasteiger charge is -2.29. The molecule has 20 heavy (non-hydrogen) atoms. The number of hydrogen-bond donors (Lipinski definition) is 1. The van der Waals surface area contributed by atoms with E-state index in [-0.39, 0.29) is 6.10 Å². The molecule has 1 fully saturated rings. The Morgan fingerprint density at radius 3 is 2.70 bits per heavy atom. The molecular weight excluding hydrogens is 254 g/mol. The second-order valence-electron chi connectivity index (χ2n) is 5.60. The minimum Gasteiger partial charge on any atom is -0.473 e. The molecule has 1 saturated heterocycles. The normalized spacial score (nSPS) is 17.2. The Labute approximate surface area is 120 Å². The van der Waals surface area contributed by atoms with Crippen molar-refractivity contribution < 1.29 is 9.53 Å². The molecule has 2 rings (SSSR count). The minimum absolute atomic E-state index is 0.0300. The molecule has 1 N–H and O–H groups in total. The molecule has 1 aliphatic heterocycles. The zero-order chi connectivity index (χ0) is 14.5. The van der Waals surface area contributed by atoms with Crippen LogP contribution in [-0.4, -0.2) is 42.5 Å². The summed E-state index contributed by atoms with van der Waals surface area (Å²) in [6.45, 7) is 6.10. The van der Waals surface area contributed by atoms with Crippen LogP contribution in [0.2, 0.25) is 0 Å². The van der Waals surface area contributed by atoms with Crippen LogP contribution >= 0.6 is 0 Å². The molecule has 1 aliphatic rings. The Kier molecular flexibility index (Phi) is 4.95. The molecule has 0 saturated carbocycles. The summed E-state index contributed by atoms with van der Waals surface area (Å²) in [5.74, 6) is 0.995. The van der Waals surface area contributed by atoms with Gasteiger partial charge >= 0.3 is 0 Å². The number of pyridine rings is 1. The summed E-state index contributed by atoms with van der Waals surface area (Å²) in [4.78, 5) is 17.6. The maximum atomic E-state index is 10.6. The Morgan fingerprint density at radius 1 is 1.40 bits per heavy atom. The molecule has 0 aromatic carbocycles. The van der Waals surface area contributed by atoms with Crippen LogP contribution in [0.25, 0.3) is 0 Å². The van der Waals surface area contributed by atoms with Crippen molar-refractivity contribution >= 4 is 12.1 Å². The number of carbonyl (C=O) groups is 1. The summed E-state index contributed by atoms with van der Waals surface area (Å²) in [5.41, 5.74) is 1.69. The molecule has 0 unspecified atom stereocenters. The summed E-state index contributed by atoms with van der Waals surface area (Å²) in [7, 11) is 2.15. The number of ether oxygens (including phenoxy) is 1. The Hall–Kier alpha value is -1.62. The number of nitrogens with zero attached hydrogens (tertiary/aromatic N) is 2. The van der Waals surface area contributed by atoms with Gasteiger partial charge in [0.25, 0.3) is 0 Å². The molecule has 2 heterocycles. The number of carbonyl (C=O) groups excluding carboxylic acids is 1. The largest absolute Gasteiger partial charge is 0.473 e. The zero-order valence-electron chi connectivity index (χ0n) is 12.4. The lowest BCUT2D eigenvalue weighted by molar-refractivity contribution is -0.105. The summed E-state index contributed by atoms with van der Waals surface area (Å²) < 4.78 is 5.71. The van der Waals surface area contributed by atoms with Gasteiger partial charge in [-0.3, -0.25) is 4.79 Å². The Bertz CT molecular complexity index is 454. The second kappa shape index (κ2) is 6.70. The first-order valence-electron chi connectivity index (χ1n) is 7.16. The molecule has 0 radical (unpaired) electrons. The molecule has 1 aromatic heterocycles. The Balaban J connectivity index is 2.19. The van der Waals surface area contributed by atoms with Crippen LogP contribution in [0.3, 0.4) is 0 Å². The zero-order valence-corrected chi connectivity index (χ0v) is 12.4. The quantitative estimate of drug-likeness (QED) is 0.839. The van der Waals surface area contributed by atoms with E-state index in [1.807, 2.05) is 26.0 Å². The van der Waals surface area contributed by atoms with Gasteiger partial charge in [0.15, 0.2) is 0 Å². The van der Waals surface area contributed by atoms with Crippen LogP contribution in [-0.2, 0) is 4.79 Å². The lowest BCUT2D eigenvalue weighted by atomic mass is 9.93. The van der Waals surface area contributed by atoms with E-state index in [2.05, 4.69) is 22.2 Å². The number of anilines is 1. The number of hydrogen-bond acceptors (Lipinski definition) is 4. The standard InChI is InChI=1S/C15H23N3O2/c1-11(2)20-15-14(16-10-19)5-4-13(17-15)12-6-8-18(3)9-7-12/h4-5,10-12H,6-9H2,1-3H3,(H,16,19). The van der Waals surface area contributed by atoms with Gasteiger partial charge in [0.1, 0.15) is 5.69 Å². The lowest BCUT2D eigenvalue weighted by Crippen LogP contribution is -2.29. The number of aromatic nitrogens is 1. The fourth-order valence-corrected chi connectivity index (χ4v) is 2.47. The Morgan fingerprint density at radius 2 is 2.10 bits per heavy atom. The molecule has 0 atom stereocenters. The molecule has 0 aliphatic carbocycles. The van der Waals surface area contributed by atoms with Crippen molar-refractivity contribution in [1.29, 1.82) is 0 Å². The maximum Gasteiger partial charge on any atom is 0.238 e. The molecule has 5 nitrogen and oxygen atoms in total. The number of nitrogens with one attached hydrogen (secondary N) is 1. The van der Waals surface area contributed by atoms with E-state index in [0.717, 1.165) is 31.6 Å². The van der Waals surface area contributed by atoms with Crippen molar-refractivity contribution in [2.75, 3.05) is 25.5 Å². The minimum atomic E-state index is 0.0300. The molecule has 0 spiro atoms. The highest BCUT2D eigenvalue weighted by molar-refractivity contribution is 5.74. The highest BCUT2D eigenvalue weighted by Crippen LogP contribution is 2.30. The van der Waals surface area contributed by atoms with Crippen molar-refractivity contribution in [1.82, 2.24) is 9.88 Å². The molecule has 0 bridgehead atoms. The van der Waals surface area contributed by atoms with Crippen molar-refractivity contribution in [3.63, 3.8) is 0 Å². The van der Waals surface area contributed by atoms with Gasteiger partial charge in [-0.15, -0.1) is 0 Å². The fraction of sp³-hybridized carbons (Fsp3) is 0.600. The van der Waals surface area contributed by atoms with Crippen LogP contribution in [0.15, 0.2) is 12.1 Å². The highest BCUT2D eigenvalue weighted by atomic mass is 16.5. The number of piperidine rings is 1. The van der Waals surface area contributed by atoms with Gasteiger partial charge in [0.05, 0.1) is 6.10 Å². The number of amides is 1. The maximum absolute atomic E-state index is 10.6. The van der Waals surface area contributed by atoms with E-state index in [0.29, 0.717) is 23.9 Å². The highest BCUT2D eigenvalue weighted by Gasteiger charge is 2.21. The van der Waals surface area contributed by atoms with E-state index in [1.54, 1.807) is 0 Å². The van der Waals surface area contributed by atoms with Crippen LogP contribution in [0.4, 0.5) is 5.69 Å². The van der Waals surface area contributed by atoms with Crippen molar-refractivity contribution in [2.24, 2.45) is 0 Å². The van der Waals surface area contributed by atoms with Crippen LogP contribution in [0.5, 0.6) is 5.88 Å². The molecule has 1 aromatic rings. The summed E-state index contributed by atoms with van der Waals surface area (Å²) >= 11 is 0. The van der Waals surface area contributed by atoms with Crippen molar-refractivity contribution in [3.8, 4) is 5.88 Å². The van der Waals surface area contributed by atoms with E-state index < -0.39 is 0 Å². The van der Waals surface area contributed by atoms with E-state index in [1.165, 1.54) is 0 Å². The van der Waals surface area contributed by atoms with Gasteiger partial charge < -0.3 is 15.0 Å². The average Bonchev–Trinajstić information content (AvgIpc) is 2.41. The molecule has 5 heteroatoms. The van der Waals surface area contributed by atoms with Gasteiger partial charge in [-0.25, -0.2) is 4.98 Å². The van der Waals surface area contributed by atoms with Gasteiger partial charge in [0.2, 0.25) is 12.3 Å². The second-order valence-corrected chi connectivity index (χ2v) is 5.60. The van der Waals surface area contributed by atoms with Crippen LogP contribution < -0.4 is 10.1 Å². The van der Waals surface area contributed by atoms with Gasteiger partial charge in [-0.1, -0.05) is 0 Å². The number of likely N-dealkylation sites (tertiary alicyclic amines) is 1. The first kappa shape index (κ1) is 14.8. The first-order chi connectivity index (χ1) is 9.60. The van der Waals surface area contributed by atoms with Crippen LogP contribution in [0, 0.1) is 0 Å². The topological polar surface area (TPSA) is 54.5 Å². The third-order valence-corrected chi connectivity index (χ3v) is 3.58. The van der Waals surface area contributed by atoms with Gasteiger partial charge in [-0.2, -0.15) is 0 Å². The molecule has 1 amide bonds. The molecule has 110 valence electrons. The predicted molar refractivity (Wildman–Crippen MR) is 79.2 cm³/mol. The van der Waals surface area contributed by atoms with E-state index in [4.69, 9.17) is 4.74 Å². The van der Waals surface area contributed by atoms with Crippen molar-refractivity contribution in [3.05, 3.63) is 17.8 Å². The third kappa shape index (κ3) is 3.70. The van der Waals surface area contributed by atoms with E-state index >= 15 is 0 Å². The monoisotopic (exact) mass is 277 g/mol.